The van der Waals surface area contributed by atoms with E-state index in [-0.39, 0.29) is 0 Å². The van der Waals surface area contributed by atoms with Crippen LogP contribution in [0, 0.1) is 0 Å². The number of halogens is 1. The summed E-state index contributed by atoms with van der Waals surface area (Å²) in [6.45, 7) is 0. The van der Waals surface area contributed by atoms with Crippen molar-refractivity contribution in [3.8, 4) is 16.8 Å². The smallest absolute Gasteiger partial charge is 0.151 e. The second kappa shape index (κ2) is 6.77. The average Bonchev–Trinajstić information content (AvgIpc) is 3.08. The van der Waals surface area contributed by atoms with E-state index in [9.17, 15) is 4.79 Å². The Balaban J connectivity index is 1.84. The summed E-state index contributed by atoms with van der Waals surface area (Å²) in [5.74, 6) is 0. The highest BCUT2D eigenvalue weighted by atomic mass is 79.9. The Hall–Kier alpha value is -3.17. The predicted molar refractivity (Wildman–Crippen MR) is 119 cm³/mol. The van der Waals surface area contributed by atoms with Gasteiger partial charge in [-0.05, 0) is 47.5 Å². The molecule has 3 heteroatoms. The quantitative estimate of drug-likeness (QED) is 0.284. The normalized spacial score (nSPS) is 11.2. The Morgan fingerprint density at radius 2 is 1.46 bits per heavy atom. The molecule has 1 heterocycles. The summed E-state index contributed by atoms with van der Waals surface area (Å²) in [7, 11) is 0. The summed E-state index contributed by atoms with van der Waals surface area (Å²) in [6.07, 6.45) is 0.914. The molecule has 1 aromatic heterocycles. The zero-order valence-corrected chi connectivity index (χ0v) is 16.6. The third kappa shape index (κ3) is 2.59. The van der Waals surface area contributed by atoms with Gasteiger partial charge in [0.1, 0.15) is 0 Å². The van der Waals surface area contributed by atoms with E-state index in [2.05, 4.69) is 87.2 Å². The molecule has 0 bridgehead atoms. The third-order valence-corrected chi connectivity index (χ3v) is 5.86. The van der Waals surface area contributed by atoms with E-state index < -0.39 is 0 Å². The Bertz CT molecular complexity index is 1340. The van der Waals surface area contributed by atoms with Crippen LogP contribution in [0.2, 0.25) is 0 Å². The number of benzene rings is 4. The van der Waals surface area contributed by atoms with Crippen LogP contribution in [0.3, 0.4) is 0 Å². The molecular formula is C25H16BrNO. The fourth-order valence-corrected chi connectivity index (χ4v) is 4.36. The molecule has 0 atom stereocenters. The van der Waals surface area contributed by atoms with Gasteiger partial charge in [-0.2, -0.15) is 0 Å². The second-order valence-electron chi connectivity index (χ2n) is 6.74. The lowest BCUT2D eigenvalue weighted by Gasteiger charge is -2.09. The van der Waals surface area contributed by atoms with Crippen LogP contribution in [0.25, 0.3) is 38.6 Å². The maximum absolute atomic E-state index is 11.7. The van der Waals surface area contributed by atoms with Crippen molar-refractivity contribution in [2.75, 3.05) is 0 Å². The van der Waals surface area contributed by atoms with Gasteiger partial charge in [0.25, 0.3) is 0 Å². The molecule has 4 aromatic carbocycles. The summed E-state index contributed by atoms with van der Waals surface area (Å²) in [6, 6.07) is 31.1. The molecule has 5 rings (SSSR count). The van der Waals surface area contributed by atoms with Gasteiger partial charge >= 0.3 is 0 Å². The van der Waals surface area contributed by atoms with Gasteiger partial charge in [0.15, 0.2) is 6.29 Å². The van der Waals surface area contributed by atoms with Crippen LogP contribution < -0.4 is 0 Å². The van der Waals surface area contributed by atoms with Crippen molar-refractivity contribution < 1.29 is 4.79 Å². The zero-order valence-electron chi connectivity index (χ0n) is 15.0. The molecule has 0 radical (unpaired) electrons. The van der Waals surface area contributed by atoms with Crippen LogP contribution in [-0.4, -0.2) is 10.9 Å². The number of fused-ring (bicyclic) bond motifs is 3. The largest absolute Gasteiger partial charge is 0.309 e. The van der Waals surface area contributed by atoms with Crippen LogP contribution in [0.4, 0.5) is 0 Å². The van der Waals surface area contributed by atoms with Crippen LogP contribution in [0.15, 0.2) is 95.5 Å². The van der Waals surface area contributed by atoms with Gasteiger partial charge in [0.05, 0.1) is 11.0 Å². The van der Waals surface area contributed by atoms with E-state index in [4.69, 9.17) is 0 Å². The van der Waals surface area contributed by atoms with Crippen LogP contribution in [0.5, 0.6) is 0 Å². The standard InChI is InChI=1S/C25H16BrNO/c26-23-11-6-10-19(22(23)16-28)17-13-14-25-21(15-17)20-9-4-5-12-24(20)27(25)18-7-2-1-3-8-18/h1-16H. The minimum absolute atomic E-state index is 0.675. The molecule has 0 saturated heterocycles. The Morgan fingerprint density at radius 1 is 0.714 bits per heavy atom. The van der Waals surface area contributed by atoms with Gasteiger partial charge in [-0.25, -0.2) is 0 Å². The third-order valence-electron chi connectivity index (χ3n) is 5.17. The highest BCUT2D eigenvalue weighted by molar-refractivity contribution is 9.10. The lowest BCUT2D eigenvalue weighted by Crippen LogP contribution is -1.93. The van der Waals surface area contributed by atoms with E-state index in [0.717, 1.165) is 33.1 Å². The van der Waals surface area contributed by atoms with Gasteiger partial charge in [0.2, 0.25) is 0 Å². The molecule has 0 N–H and O–H groups in total. The van der Waals surface area contributed by atoms with E-state index in [1.54, 1.807) is 0 Å². The molecule has 0 aliphatic heterocycles. The van der Waals surface area contributed by atoms with Crippen molar-refractivity contribution in [3.05, 3.63) is 101 Å². The Kier molecular flexibility index (Phi) is 4.10. The zero-order chi connectivity index (χ0) is 19.1. The lowest BCUT2D eigenvalue weighted by atomic mass is 9.98. The molecule has 5 aromatic rings. The van der Waals surface area contributed by atoms with Crippen molar-refractivity contribution in [2.24, 2.45) is 0 Å². The first kappa shape index (κ1) is 17.0. The molecular weight excluding hydrogens is 410 g/mol. The second-order valence-corrected chi connectivity index (χ2v) is 7.59. The molecule has 134 valence electrons. The minimum Gasteiger partial charge on any atom is -0.309 e. The summed E-state index contributed by atoms with van der Waals surface area (Å²) in [5, 5.41) is 2.37. The Labute approximate surface area is 171 Å². The number of aromatic nitrogens is 1. The number of nitrogens with zero attached hydrogens (tertiary/aromatic N) is 1. The van der Waals surface area contributed by atoms with Gasteiger partial charge in [-0.1, -0.05) is 70.5 Å². The number of rotatable bonds is 3. The number of para-hydroxylation sites is 2. The summed E-state index contributed by atoms with van der Waals surface area (Å²) in [4.78, 5) is 11.7. The van der Waals surface area contributed by atoms with E-state index in [1.807, 2.05) is 24.3 Å². The first-order chi connectivity index (χ1) is 13.8. The minimum atomic E-state index is 0.675. The molecule has 28 heavy (non-hydrogen) atoms. The summed E-state index contributed by atoms with van der Waals surface area (Å²) in [5.41, 5.74) is 6.10. The van der Waals surface area contributed by atoms with Crippen molar-refractivity contribution in [1.29, 1.82) is 0 Å². The first-order valence-electron chi connectivity index (χ1n) is 9.10. The number of carbonyl (C=O) groups excluding carboxylic acids is 1. The Morgan fingerprint density at radius 3 is 2.29 bits per heavy atom. The first-order valence-corrected chi connectivity index (χ1v) is 9.90. The van der Waals surface area contributed by atoms with Crippen LogP contribution in [-0.2, 0) is 0 Å². The number of carbonyl (C=O) groups is 1. The number of hydrogen-bond donors (Lipinski definition) is 0. The fourth-order valence-electron chi connectivity index (χ4n) is 3.90. The number of aldehydes is 1. The molecule has 0 spiro atoms. The highest BCUT2D eigenvalue weighted by Crippen LogP contribution is 2.36. The fraction of sp³-hybridized carbons (Fsp3) is 0. The SMILES string of the molecule is O=Cc1c(Br)cccc1-c1ccc2c(c1)c1ccccc1n2-c1ccccc1. The highest BCUT2D eigenvalue weighted by Gasteiger charge is 2.14. The van der Waals surface area contributed by atoms with E-state index in [0.29, 0.717) is 5.56 Å². The number of hydrogen-bond acceptors (Lipinski definition) is 1. The van der Waals surface area contributed by atoms with E-state index >= 15 is 0 Å². The van der Waals surface area contributed by atoms with Crippen molar-refractivity contribution in [2.45, 2.75) is 0 Å². The molecule has 0 fully saturated rings. The maximum Gasteiger partial charge on any atom is 0.151 e. The van der Waals surface area contributed by atoms with Crippen molar-refractivity contribution >= 4 is 44.0 Å². The van der Waals surface area contributed by atoms with Crippen molar-refractivity contribution in [3.63, 3.8) is 0 Å². The molecule has 2 nitrogen and oxygen atoms in total. The summed E-state index contributed by atoms with van der Waals surface area (Å²) >= 11 is 3.49. The van der Waals surface area contributed by atoms with Gasteiger partial charge < -0.3 is 4.57 Å². The van der Waals surface area contributed by atoms with E-state index in [1.165, 1.54) is 16.3 Å². The van der Waals surface area contributed by atoms with Gasteiger partial charge in [0, 0.05) is 26.5 Å². The molecule has 0 unspecified atom stereocenters. The topological polar surface area (TPSA) is 22.0 Å². The lowest BCUT2D eigenvalue weighted by molar-refractivity contribution is 0.112. The maximum atomic E-state index is 11.7. The molecule has 0 amide bonds. The molecule has 0 aliphatic carbocycles. The van der Waals surface area contributed by atoms with Gasteiger partial charge in [-0.3, -0.25) is 4.79 Å². The van der Waals surface area contributed by atoms with Gasteiger partial charge in [-0.15, -0.1) is 0 Å². The predicted octanol–water partition coefficient (Wildman–Crippen LogP) is 7.03. The average molecular weight is 426 g/mol. The monoisotopic (exact) mass is 425 g/mol. The molecule has 0 aliphatic rings. The van der Waals surface area contributed by atoms with Crippen LogP contribution >= 0.6 is 15.9 Å². The summed E-state index contributed by atoms with van der Waals surface area (Å²) < 4.78 is 3.10. The molecule has 0 saturated carbocycles. The van der Waals surface area contributed by atoms with Crippen molar-refractivity contribution in [1.82, 2.24) is 4.57 Å². The van der Waals surface area contributed by atoms with Crippen LogP contribution in [0.1, 0.15) is 10.4 Å².